The fourth-order valence-corrected chi connectivity index (χ4v) is 4.02. The summed E-state index contributed by atoms with van der Waals surface area (Å²) in [5, 5.41) is 2.99. The maximum absolute atomic E-state index is 12.3. The van der Waals surface area contributed by atoms with Crippen molar-refractivity contribution in [3.8, 4) is 0 Å². The van der Waals surface area contributed by atoms with E-state index < -0.39 is 0 Å². The van der Waals surface area contributed by atoms with Gasteiger partial charge in [-0.3, -0.25) is 14.4 Å². The Labute approximate surface area is 159 Å². The highest BCUT2D eigenvalue weighted by Crippen LogP contribution is 2.28. The van der Waals surface area contributed by atoms with Crippen LogP contribution in [0.2, 0.25) is 0 Å². The molecule has 0 radical (unpaired) electrons. The van der Waals surface area contributed by atoms with Gasteiger partial charge in [0.2, 0.25) is 11.8 Å². The first-order valence-corrected chi connectivity index (χ1v) is 9.98. The van der Waals surface area contributed by atoms with Gasteiger partial charge in [-0.1, -0.05) is 0 Å². The maximum atomic E-state index is 12.3. The van der Waals surface area contributed by atoms with Gasteiger partial charge in [0.25, 0.3) is 5.91 Å². The molecule has 7 nitrogen and oxygen atoms in total. The number of hydrogen-bond acceptors (Lipinski definition) is 4. The van der Waals surface area contributed by atoms with Gasteiger partial charge in [0.1, 0.15) is 0 Å². The molecular formula is C20H27N3O4. The molecule has 2 saturated heterocycles. The number of piperidine rings is 1. The fourth-order valence-electron chi connectivity index (χ4n) is 4.02. The molecule has 0 spiro atoms. The van der Waals surface area contributed by atoms with E-state index in [-0.39, 0.29) is 23.6 Å². The number of carbonyl (C=O) groups excluding carboxylic acids is 3. The molecule has 1 saturated carbocycles. The highest BCUT2D eigenvalue weighted by molar-refractivity contribution is 5.91. The number of amides is 3. The fraction of sp³-hybridized carbons (Fsp3) is 0.650. The molecule has 0 aromatic carbocycles. The van der Waals surface area contributed by atoms with Crippen molar-refractivity contribution in [1.82, 2.24) is 15.1 Å². The van der Waals surface area contributed by atoms with E-state index in [0.717, 1.165) is 19.4 Å². The predicted molar refractivity (Wildman–Crippen MR) is 97.8 cm³/mol. The van der Waals surface area contributed by atoms with E-state index in [1.54, 1.807) is 12.1 Å². The van der Waals surface area contributed by atoms with E-state index in [9.17, 15) is 14.4 Å². The van der Waals surface area contributed by atoms with Crippen LogP contribution in [-0.2, 0) is 9.59 Å². The van der Waals surface area contributed by atoms with Gasteiger partial charge in [-0.05, 0) is 49.7 Å². The van der Waals surface area contributed by atoms with Crippen molar-refractivity contribution < 1.29 is 18.8 Å². The van der Waals surface area contributed by atoms with Crippen LogP contribution in [0.25, 0.3) is 0 Å². The van der Waals surface area contributed by atoms with Gasteiger partial charge in [0.15, 0.2) is 5.76 Å². The van der Waals surface area contributed by atoms with Crippen LogP contribution in [0.1, 0.15) is 42.7 Å². The van der Waals surface area contributed by atoms with E-state index in [4.69, 9.17) is 4.42 Å². The highest BCUT2D eigenvalue weighted by Gasteiger charge is 2.36. The molecule has 1 aromatic heterocycles. The lowest BCUT2D eigenvalue weighted by atomic mass is 9.96. The minimum atomic E-state index is -0.211. The van der Waals surface area contributed by atoms with E-state index >= 15 is 0 Å². The Morgan fingerprint density at radius 3 is 2.59 bits per heavy atom. The van der Waals surface area contributed by atoms with Gasteiger partial charge >= 0.3 is 0 Å². The minimum Gasteiger partial charge on any atom is -0.459 e. The number of nitrogens with one attached hydrogen (secondary N) is 1. The van der Waals surface area contributed by atoms with Crippen molar-refractivity contribution >= 4 is 17.7 Å². The number of likely N-dealkylation sites (tertiary alicyclic amines) is 2. The highest BCUT2D eigenvalue weighted by atomic mass is 16.3. The number of nitrogens with zero attached hydrogens (tertiary/aromatic N) is 2. The average molecular weight is 373 g/mol. The molecule has 3 amide bonds. The Bertz CT molecular complexity index is 690. The standard InChI is InChI=1S/C20H27N3O4/c24-18-10-16(19(25)21-11-14-3-4-14)13-23(18)12-15-5-7-22(8-6-15)20(26)17-2-1-9-27-17/h1-2,9,14-16H,3-8,10-13H2,(H,21,25). The second kappa shape index (κ2) is 7.74. The van der Waals surface area contributed by atoms with Crippen molar-refractivity contribution in [2.45, 2.75) is 32.1 Å². The van der Waals surface area contributed by atoms with Crippen molar-refractivity contribution in [3.63, 3.8) is 0 Å². The minimum absolute atomic E-state index is 0.0246. The molecule has 1 aromatic rings. The van der Waals surface area contributed by atoms with Crippen molar-refractivity contribution in [2.75, 3.05) is 32.7 Å². The largest absolute Gasteiger partial charge is 0.459 e. The normalized spacial score (nSPS) is 23.7. The van der Waals surface area contributed by atoms with E-state index in [0.29, 0.717) is 50.2 Å². The first-order chi connectivity index (χ1) is 13.1. The zero-order valence-electron chi connectivity index (χ0n) is 15.6. The average Bonchev–Trinajstić information content (AvgIpc) is 3.20. The molecule has 27 heavy (non-hydrogen) atoms. The summed E-state index contributed by atoms with van der Waals surface area (Å²) in [6.45, 7) is 3.33. The molecule has 1 aliphatic carbocycles. The number of carbonyl (C=O) groups is 3. The van der Waals surface area contributed by atoms with Crippen LogP contribution in [0.4, 0.5) is 0 Å². The Hall–Kier alpha value is -2.31. The summed E-state index contributed by atoms with van der Waals surface area (Å²) in [5.74, 6) is 1.23. The third kappa shape index (κ3) is 4.34. The van der Waals surface area contributed by atoms with Crippen LogP contribution in [-0.4, -0.2) is 60.2 Å². The molecule has 0 bridgehead atoms. The summed E-state index contributed by atoms with van der Waals surface area (Å²) in [6.07, 6.45) is 5.99. The number of hydrogen-bond donors (Lipinski definition) is 1. The van der Waals surface area contributed by atoms with Crippen LogP contribution >= 0.6 is 0 Å². The molecule has 3 heterocycles. The van der Waals surface area contributed by atoms with Crippen LogP contribution in [0.15, 0.2) is 22.8 Å². The lowest BCUT2D eigenvalue weighted by Crippen LogP contribution is -2.42. The van der Waals surface area contributed by atoms with Crippen LogP contribution in [0.3, 0.4) is 0 Å². The molecule has 3 aliphatic rings. The molecule has 2 aliphatic heterocycles. The topological polar surface area (TPSA) is 82.9 Å². The van der Waals surface area contributed by atoms with E-state index in [1.165, 1.54) is 19.1 Å². The van der Waals surface area contributed by atoms with Crippen molar-refractivity contribution in [2.24, 2.45) is 17.8 Å². The number of rotatable bonds is 6. The lowest BCUT2D eigenvalue weighted by Gasteiger charge is -2.33. The zero-order valence-corrected chi connectivity index (χ0v) is 15.6. The molecule has 1 unspecified atom stereocenters. The molecule has 3 fully saturated rings. The van der Waals surface area contributed by atoms with E-state index in [1.807, 2.05) is 9.80 Å². The third-order valence-corrected chi connectivity index (χ3v) is 5.96. The van der Waals surface area contributed by atoms with Crippen molar-refractivity contribution in [3.05, 3.63) is 24.2 Å². The quantitative estimate of drug-likeness (QED) is 0.819. The summed E-state index contributed by atoms with van der Waals surface area (Å²) in [7, 11) is 0. The molecule has 1 atom stereocenters. The molecular weight excluding hydrogens is 346 g/mol. The van der Waals surface area contributed by atoms with Gasteiger partial charge in [0, 0.05) is 39.1 Å². The third-order valence-electron chi connectivity index (χ3n) is 5.96. The summed E-state index contributed by atoms with van der Waals surface area (Å²) in [6, 6.07) is 3.40. The van der Waals surface area contributed by atoms with Gasteiger partial charge in [-0.2, -0.15) is 0 Å². The summed E-state index contributed by atoms with van der Waals surface area (Å²) in [5.41, 5.74) is 0. The SMILES string of the molecule is O=C(NCC1CC1)C1CC(=O)N(CC2CCN(C(=O)c3ccco3)CC2)C1. The maximum Gasteiger partial charge on any atom is 0.289 e. The first kappa shape index (κ1) is 18.1. The number of furan rings is 1. The summed E-state index contributed by atoms with van der Waals surface area (Å²) >= 11 is 0. The van der Waals surface area contributed by atoms with Gasteiger partial charge in [-0.25, -0.2) is 0 Å². The Morgan fingerprint density at radius 1 is 1.15 bits per heavy atom. The molecule has 146 valence electrons. The van der Waals surface area contributed by atoms with Crippen molar-refractivity contribution in [1.29, 1.82) is 0 Å². The summed E-state index contributed by atoms with van der Waals surface area (Å²) < 4.78 is 5.19. The molecule has 1 N–H and O–H groups in total. The van der Waals surface area contributed by atoms with E-state index in [2.05, 4.69) is 5.32 Å². The van der Waals surface area contributed by atoms with Gasteiger partial charge in [0.05, 0.1) is 12.2 Å². The second-order valence-electron chi connectivity index (χ2n) is 8.10. The smallest absolute Gasteiger partial charge is 0.289 e. The van der Waals surface area contributed by atoms with Crippen LogP contribution < -0.4 is 5.32 Å². The Balaban J connectivity index is 1.22. The molecule has 4 rings (SSSR count). The Morgan fingerprint density at radius 2 is 1.93 bits per heavy atom. The van der Waals surface area contributed by atoms with Crippen LogP contribution in [0.5, 0.6) is 0 Å². The summed E-state index contributed by atoms with van der Waals surface area (Å²) in [4.78, 5) is 40.5. The Kier molecular flexibility index (Phi) is 5.18. The first-order valence-electron chi connectivity index (χ1n) is 9.98. The lowest BCUT2D eigenvalue weighted by molar-refractivity contribution is -0.129. The van der Waals surface area contributed by atoms with Crippen LogP contribution in [0, 0.1) is 17.8 Å². The monoisotopic (exact) mass is 373 g/mol. The zero-order chi connectivity index (χ0) is 18.8. The van der Waals surface area contributed by atoms with Gasteiger partial charge < -0.3 is 19.5 Å². The second-order valence-corrected chi connectivity index (χ2v) is 8.10. The van der Waals surface area contributed by atoms with Gasteiger partial charge in [-0.15, -0.1) is 0 Å². The molecule has 7 heteroatoms. The predicted octanol–water partition coefficient (Wildman–Crippen LogP) is 1.51.